The van der Waals surface area contributed by atoms with Gasteiger partial charge in [0.05, 0.1) is 0 Å². The molecule has 0 saturated heterocycles. The molecule has 0 radical (unpaired) electrons. The van der Waals surface area contributed by atoms with Crippen molar-refractivity contribution >= 4 is 0 Å². The Kier molecular flexibility index (Phi) is 3.60. The monoisotopic (exact) mass is 126 g/mol. The second-order valence-corrected chi connectivity index (χ2v) is 3.38. The van der Waals surface area contributed by atoms with E-state index < -0.39 is 0 Å². The van der Waals surface area contributed by atoms with Crippen LogP contribution >= 0.6 is 0 Å². The predicted molar refractivity (Wildman–Crippen MR) is 43.4 cm³/mol. The molecule has 0 aliphatic heterocycles. The van der Waals surface area contributed by atoms with Gasteiger partial charge in [-0.2, -0.15) is 0 Å². The molecule has 0 aromatic rings. The normalized spacial score (nSPS) is 13.9. The van der Waals surface area contributed by atoms with E-state index in [0.717, 1.165) is 5.92 Å². The quantitative estimate of drug-likeness (QED) is 0.509. The van der Waals surface area contributed by atoms with Gasteiger partial charge in [-0.15, -0.1) is 0 Å². The second kappa shape index (κ2) is 3.71. The van der Waals surface area contributed by atoms with Crippen LogP contribution in [-0.2, 0) is 0 Å². The van der Waals surface area contributed by atoms with Crippen LogP contribution in [0.3, 0.4) is 0 Å². The van der Waals surface area contributed by atoms with E-state index in [2.05, 4.69) is 34.3 Å². The van der Waals surface area contributed by atoms with Crippen molar-refractivity contribution in [2.45, 2.75) is 34.1 Å². The van der Waals surface area contributed by atoms with Crippen molar-refractivity contribution in [3.63, 3.8) is 0 Å². The predicted octanol–water partition coefficient (Wildman–Crippen LogP) is 3.24. The summed E-state index contributed by atoms with van der Waals surface area (Å²) in [5, 5.41) is 0. The summed E-state index contributed by atoms with van der Waals surface area (Å²) in [5.74, 6) is 1.50. The summed E-state index contributed by atoms with van der Waals surface area (Å²) in [6, 6.07) is 0. The van der Waals surface area contributed by atoms with Crippen molar-refractivity contribution < 1.29 is 0 Å². The number of hydrogen-bond donors (Lipinski definition) is 0. The molecule has 1 unspecified atom stereocenters. The van der Waals surface area contributed by atoms with Gasteiger partial charge >= 0.3 is 0 Å². The molecule has 0 aliphatic rings. The van der Waals surface area contributed by atoms with Crippen molar-refractivity contribution in [1.82, 2.24) is 0 Å². The Morgan fingerprint density at radius 2 is 1.78 bits per heavy atom. The fourth-order valence-electron chi connectivity index (χ4n) is 0.908. The average Bonchev–Trinajstić information content (AvgIpc) is 1.63. The van der Waals surface area contributed by atoms with Crippen molar-refractivity contribution in [3.8, 4) is 0 Å². The highest BCUT2D eigenvalue weighted by atomic mass is 14.1. The molecule has 0 aromatic heterocycles. The summed E-state index contributed by atoms with van der Waals surface area (Å²) in [4.78, 5) is 0. The number of rotatable bonds is 3. The smallest absolute Gasteiger partial charge is 0.0235 e. The fraction of sp³-hybridized carbons (Fsp3) is 0.778. The fourth-order valence-corrected chi connectivity index (χ4v) is 0.908. The summed E-state index contributed by atoms with van der Waals surface area (Å²) >= 11 is 0. The highest BCUT2D eigenvalue weighted by molar-refractivity contribution is 4.93. The van der Waals surface area contributed by atoms with Crippen LogP contribution in [0.5, 0.6) is 0 Å². The summed E-state index contributed by atoms with van der Waals surface area (Å²) in [6.45, 7) is 12.7. The van der Waals surface area contributed by atoms with Gasteiger partial charge < -0.3 is 0 Å². The molecule has 0 fully saturated rings. The Balaban J connectivity index is 3.50. The largest absolute Gasteiger partial charge is 0.0999 e. The Morgan fingerprint density at radius 1 is 1.33 bits per heavy atom. The lowest BCUT2D eigenvalue weighted by molar-refractivity contribution is 0.487. The van der Waals surface area contributed by atoms with Crippen molar-refractivity contribution in [3.05, 3.63) is 12.2 Å². The Morgan fingerprint density at radius 3 is 1.89 bits per heavy atom. The summed E-state index contributed by atoms with van der Waals surface area (Å²) in [7, 11) is 0. The molecule has 0 nitrogen and oxygen atoms in total. The lowest BCUT2D eigenvalue weighted by atomic mass is 9.94. The Hall–Kier alpha value is -0.260. The molecular formula is C9H18. The molecule has 0 saturated carbocycles. The van der Waals surface area contributed by atoms with Crippen LogP contribution in [0, 0.1) is 11.8 Å². The van der Waals surface area contributed by atoms with Gasteiger partial charge in [0.1, 0.15) is 0 Å². The second-order valence-electron chi connectivity index (χ2n) is 3.38. The minimum atomic E-state index is 0.699. The maximum atomic E-state index is 3.91. The van der Waals surface area contributed by atoms with Crippen LogP contribution in [0.4, 0.5) is 0 Å². The van der Waals surface area contributed by atoms with Gasteiger partial charge in [0.25, 0.3) is 0 Å². The minimum absolute atomic E-state index is 0.699. The third-order valence-electron chi connectivity index (χ3n) is 1.67. The molecule has 0 rings (SSSR count). The highest BCUT2D eigenvalue weighted by Gasteiger charge is 2.03. The molecule has 0 aromatic carbocycles. The van der Waals surface area contributed by atoms with Crippen molar-refractivity contribution in [2.24, 2.45) is 11.8 Å². The molecule has 0 spiro atoms. The maximum absolute atomic E-state index is 3.91. The first-order valence-electron chi connectivity index (χ1n) is 3.69. The third-order valence-corrected chi connectivity index (χ3v) is 1.67. The number of allylic oxidation sites excluding steroid dienone is 1. The van der Waals surface area contributed by atoms with E-state index in [-0.39, 0.29) is 0 Å². The highest BCUT2D eigenvalue weighted by Crippen LogP contribution is 2.16. The van der Waals surface area contributed by atoms with E-state index in [4.69, 9.17) is 0 Å². The zero-order chi connectivity index (χ0) is 7.44. The number of hydrogen-bond acceptors (Lipinski definition) is 0. The molecule has 0 heterocycles. The van der Waals surface area contributed by atoms with Crippen LogP contribution in [-0.4, -0.2) is 0 Å². The Labute approximate surface area is 59.0 Å². The molecule has 0 bridgehead atoms. The average molecular weight is 126 g/mol. The van der Waals surface area contributed by atoms with Crippen LogP contribution < -0.4 is 0 Å². The van der Waals surface area contributed by atoms with Crippen LogP contribution in [0.1, 0.15) is 34.1 Å². The zero-order valence-electron chi connectivity index (χ0n) is 7.07. The lowest BCUT2D eigenvalue weighted by Gasteiger charge is -2.12. The van der Waals surface area contributed by atoms with E-state index in [1.165, 1.54) is 12.0 Å². The zero-order valence-corrected chi connectivity index (χ0v) is 7.07. The van der Waals surface area contributed by atoms with Crippen molar-refractivity contribution in [1.29, 1.82) is 0 Å². The summed E-state index contributed by atoms with van der Waals surface area (Å²) in [5.41, 5.74) is 1.31. The first kappa shape index (κ1) is 8.74. The van der Waals surface area contributed by atoms with Gasteiger partial charge in [0, 0.05) is 0 Å². The van der Waals surface area contributed by atoms with E-state index >= 15 is 0 Å². The SMILES string of the molecule is C=C(C)C(C)CC(C)C. The van der Waals surface area contributed by atoms with Gasteiger partial charge in [-0.1, -0.05) is 32.9 Å². The van der Waals surface area contributed by atoms with E-state index in [9.17, 15) is 0 Å². The molecule has 0 amide bonds. The molecule has 54 valence electrons. The van der Waals surface area contributed by atoms with Crippen LogP contribution in [0.25, 0.3) is 0 Å². The molecule has 0 aliphatic carbocycles. The molecule has 0 heteroatoms. The van der Waals surface area contributed by atoms with Crippen LogP contribution in [0.15, 0.2) is 12.2 Å². The Bertz CT molecular complexity index is 90.2. The summed E-state index contributed by atoms with van der Waals surface area (Å²) < 4.78 is 0. The van der Waals surface area contributed by atoms with Crippen molar-refractivity contribution in [2.75, 3.05) is 0 Å². The summed E-state index contributed by atoms with van der Waals surface area (Å²) in [6.07, 6.45) is 1.27. The standard InChI is InChI=1S/C9H18/c1-7(2)6-9(5)8(3)4/h7,9H,3,6H2,1-2,4-5H3. The van der Waals surface area contributed by atoms with Gasteiger partial charge in [-0.05, 0) is 25.2 Å². The third kappa shape index (κ3) is 4.26. The molecular weight excluding hydrogens is 108 g/mol. The first-order chi connectivity index (χ1) is 4.04. The maximum Gasteiger partial charge on any atom is -0.0235 e. The van der Waals surface area contributed by atoms with E-state index in [1.807, 2.05) is 0 Å². The lowest BCUT2D eigenvalue weighted by Crippen LogP contribution is -1.99. The minimum Gasteiger partial charge on any atom is -0.0999 e. The van der Waals surface area contributed by atoms with Crippen LogP contribution in [0.2, 0.25) is 0 Å². The topological polar surface area (TPSA) is 0 Å². The van der Waals surface area contributed by atoms with Gasteiger partial charge in [-0.25, -0.2) is 0 Å². The van der Waals surface area contributed by atoms with E-state index in [0.29, 0.717) is 5.92 Å². The molecule has 9 heavy (non-hydrogen) atoms. The first-order valence-corrected chi connectivity index (χ1v) is 3.69. The van der Waals surface area contributed by atoms with Gasteiger partial charge in [-0.3, -0.25) is 0 Å². The molecule has 0 N–H and O–H groups in total. The molecule has 1 atom stereocenters. The van der Waals surface area contributed by atoms with E-state index in [1.54, 1.807) is 0 Å². The van der Waals surface area contributed by atoms with Gasteiger partial charge in [0.15, 0.2) is 0 Å². The van der Waals surface area contributed by atoms with Gasteiger partial charge in [0.2, 0.25) is 0 Å².